The van der Waals surface area contributed by atoms with Crippen molar-refractivity contribution in [2.45, 2.75) is 37.8 Å². The van der Waals surface area contributed by atoms with Crippen molar-refractivity contribution in [3.8, 4) is 11.6 Å². The van der Waals surface area contributed by atoms with Crippen LogP contribution in [0.15, 0.2) is 43.2 Å². The summed E-state index contributed by atoms with van der Waals surface area (Å²) in [5, 5.41) is 11.1. The summed E-state index contributed by atoms with van der Waals surface area (Å²) in [5.74, 6) is 1.93. The van der Waals surface area contributed by atoms with E-state index in [4.69, 9.17) is 19.6 Å². The van der Waals surface area contributed by atoms with E-state index in [1.165, 1.54) is 36.6 Å². The topological polar surface area (TPSA) is 110 Å². The van der Waals surface area contributed by atoms with Crippen LogP contribution in [0.25, 0.3) is 5.82 Å². The molecule has 0 radical (unpaired) electrons. The third kappa shape index (κ3) is 5.32. The van der Waals surface area contributed by atoms with Gasteiger partial charge < -0.3 is 25.0 Å². The van der Waals surface area contributed by atoms with E-state index in [0.29, 0.717) is 48.0 Å². The Hall–Kier alpha value is -3.96. The summed E-state index contributed by atoms with van der Waals surface area (Å²) in [6, 6.07) is 5.79. The second kappa shape index (κ2) is 10.7. The molecule has 1 aromatic carbocycles. The first-order valence-electron chi connectivity index (χ1n) is 13.4. The predicted molar refractivity (Wildman–Crippen MR) is 149 cm³/mol. The molecule has 11 heteroatoms. The van der Waals surface area contributed by atoms with E-state index < -0.39 is 0 Å². The van der Waals surface area contributed by atoms with Crippen molar-refractivity contribution in [2.24, 2.45) is 0 Å². The number of rotatable bonds is 11. The Bertz CT molecular complexity index is 1380. The molecule has 0 unspecified atom stereocenters. The van der Waals surface area contributed by atoms with Gasteiger partial charge in [0.25, 0.3) is 0 Å². The molecule has 1 saturated carbocycles. The summed E-state index contributed by atoms with van der Waals surface area (Å²) in [6.07, 6.45) is 8.73. The molecule has 1 amide bonds. The summed E-state index contributed by atoms with van der Waals surface area (Å²) in [5.41, 5.74) is 4.52. The maximum atomic E-state index is 12.2. The minimum atomic E-state index is -0.303. The molecule has 6 rings (SSSR count). The van der Waals surface area contributed by atoms with Crippen LogP contribution in [0.5, 0.6) is 5.75 Å². The van der Waals surface area contributed by atoms with Crippen molar-refractivity contribution in [2.75, 3.05) is 56.0 Å². The first-order valence-corrected chi connectivity index (χ1v) is 13.4. The second-order valence-corrected chi connectivity index (χ2v) is 10.3. The van der Waals surface area contributed by atoms with Crippen LogP contribution in [0.3, 0.4) is 0 Å². The monoisotopic (exact) mass is 530 g/mol. The van der Waals surface area contributed by atoms with E-state index >= 15 is 0 Å². The number of hydrogen-bond acceptors (Lipinski definition) is 9. The van der Waals surface area contributed by atoms with Crippen LogP contribution in [-0.2, 0) is 16.1 Å². The molecule has 2 saturated heterocycles. The van der Waals surface area contributed by atoms with Crippen LogP contribution < -0.4 is 20.3 Å². The number of carbonyl (C=O) groups is 1. The van der Waals surface area contributed by atoms with Crippen molar-refractivity contribution < 1.29 is 14.3 Å². The molecule has 11 nitrogen and oxygen atoms in total. The van der Waals surface area contributed by atoms with Crippen molar-refractivity contribution >= 4 is 28.9 Å². The summed E-state index contributed by atoms with van der Waals surface area (Å²) >= 11 is 0. The lowest BCUT2D eigenvalue weighted by atomic mass is 10.1. The van der Waals surface area contributed by atoms with Crippen LogP contribution in [0.1, 0.15) is 36.4 Å². The molecule has 39 heavy (non-hydrogen) atoms. The van der Waals surface area contributed by atoms with Gasteiger partial charge in [0.05, 0.1) is 49.1 Å². The van der Waals surface area contributed by atoms with Gasteiger partial charge in [0.2, 0.25) is 11.9 Å². The number of likely N-dealkylation sites (tertiary alicyclic amines) is 1. The Kier molecular flexibility index (Phi) is 6.92. The molecule has 0 atom stereocenters. The molecular weight excluding hydrogens is 496 g/mol. The van der Waals surface area contributed by atoms with Crippen molar-refractivity contribution in [3.63, 3.8) is 0 Å². The average molecular weight is 531 g/mol. The number of hydrogen-bond donors (Lipinski definition) is 2. The fourth-order valence-electron chi connectivity index (χ4n) is 4.86. The Morgan fingerprint density at radius 2 is 2.10 bits per heavy atom. The Balaban J connectivity index is 1.29. The maximum absolute atomic E-state index is 12.2. The zero-order chi connectivity index (χ0) is 26.9. The average Bonchev–Trinajstić information content (AvgIpc) is 3.64. The maximum Gasteiger partial charge on any atom is 0.247 e. The molecular formula is C28H34N8O3. The SMILES string of the molecule is C=CC(=O)Nc1cc(Nc2nccc(-n3cc(CN4CCC4)c(C4CC4)n3)n2)c(OC)cc1N(C)C1COC1. The highest BCUT2D eigenvalue weighted by Crippen LogP contribution is 2.42. The highest BCUT2D eigenvalue weighted by Gasteiger charge is 2.31. The van der Waals surface area contributed by atoms with Gasteiger partial charge >= 0.3 is 0 Å². The van der Waals surface area contributed by atoms with Crippen molar-refractivity contribution in [1.29, 1.82) is 0 Å². The van der Waals surface area contributed by atoms with E-state index in [9.17, 15) is 4.79 Å². The third-order valence-corrected chi connectivity index (χ3v) is 7.56. The van der Waals surface area contributed by atoms with Gasteiger partial charge in [-0.05, 0) is 44.5 Å². The number of methoxy groups -OCH3 is 1. The molecule has 1 aliphatic carbocycles. The molecule has 0 spiro atoms. The molecule has 2 aliphatic heterocycles. The number of ether oxygens (including phenoxy) is 2. The van der Waals surface area contributed by atoms with Gasteiger partial charge in [-0.15, -0.1) is 0 Å². The zero-order valence-electron chi connectivity index (χ0n) is 22.4. The van der Waals surface area contributed by atoms with Gasteiger partial charge in [-0.1, -0.05) is 6.58 Å². The highest BCUT2D eigenvalue weighted by molar-refractivity contribution is 6.02. The number of nitrogens with one attached hydrogen (secondary N) is 2. The van der Waals surface area contributed by atoms with Crippen LogP contribution in [0.2, 0.25) is 0 Å². The number of carbonyl (C=O) groups excluding carboxylic acids is 1. The normalized spacial score (nSPS) is 17.2. The fraction of sp³-hybridized carbons (Fsp3) is 0.429. The summed E-state index contributed by atoms with van der Waals surface area (Å²) in [6.45, 7) is 8.08. The van der Waals surface area contributed by atoms with Gasteiger partial charge in [0, 0.05) is 49.6 Å². The van der Waals surface area contributed by atoms with E-state index in [0.717, 1.165) is 25.3 Å². The van der Waals surface area contributed by atoms with E-state index in [-0.39, 0.29) is 11.9 Å². The Labute approximate surface area is 227 Å². The third-order valence-electron chi connectivity index (χ3n) is 7.56. The first kappa shape index (κ1) is 25.3. The predicted octanol–water partition coefficient (Wildman–Crippen LogP) is 3.46. The molecule has 3 fully saturated rings. The molecule has 2 aromatic heterocycles. The van der Waals surface area contributed by atoms with E-state index in [2.05, 4.69) is 38.2 Å². The van der Waals surface area contributed by atoms with Crippen LogP contribution in [0.4, 0.5) is 23.0 Å². The lowest BCUT2D eigenvalue weighted by Crippen LogP contribution is -2.47. The standard InChI is InChI=1S/C28H34N8O3/c1-4-26(37)30-21-12-22(24(38-3)13-23(21)34(2)20-16-39-17-20)31-28-29-9-8-25(32-28)36-15-19(14-35-10-5-11-35)27(33-36)18-6-7-18/h4,8-9,12-13,15,18,20H,1,5-7,10-11,14,16-17H2,2-3H3,(H,30,37)(H,29,31,32). The quantitative estimate of drug-likeness (QED) is 0.360. The minimum Gasteiger partial charge on any atom is -0.494 e. The Morgan fingerprint density at radius 3 is 2.74 bits per heavy atom. The van der Waals surface area contributed by atoms with Gasteiger partial charge in [-0.25, -0.2) is 9.67 Å². The van der Waals surface area contributed by atoms with E-state index in [1.54, 1.807) is 13.3 Å². The molecule has 204 valence electrons. The number of amides is 1. The molecule has 4 heterocycles. The molecule has 3 aromatic rings. The van der Waals surface area contributed by atoms with Crippen LogP contribution in [0, 0.1) is 0 Å². The van der Waals surface area contributed by atoms with Crippen LogP contribution in [-0.4, -0.2) is 77.1 Å². The summed E-state index contributed by atoms with van der Waals surface area (Å²) < 4.78 is 12.9. The second-order valence-electron chi connectivity index (χ2n) is 10.3. The zero-order valence-corrected chi connectivity index (χ0v) is 22.4. The van der Waals surface area contributed by atoms with Gasteiger partial charge in [0.15, 0.2) is 5.82 Å². The first-order chi connectivity index (χ1) is 19.0. The number of nitrogens with zero attached hydrogens (tertiary/aromatic N) is 6. The molecule has 0 bridgehead atoms. The van der Waals surface area contributed by atoms with E-state index in [1.807, 2.05) is 29.9 Å². The largest absolute Gasteiger partial charge is 0.494 e. The number of likely N-dealkylation sites (N-methyl/N-ethyl adjacent to an activating group) is 1. The Morgan fingerprint density at radius 1 is 1.28 bits per heavy atom. The van der Waals surface area contributed by atoms with Crippen LogP contribution >= 0.6 is 0 Å². The number of benzene rings is 1. The van der Waals surface area contributed by atoms with Gasteiger partial charge in [-0.2, -0.15) is 10.1 Å². The molecule has 2 N–H and O–H groups in total. The molecule has 3 aliphatic rings. The number of anilines is 4. The lowest BCUT2D eigenvalue weighted by Gasteiger charge is -2.37. The smallest absolute Gasteiger partial charge is 0.247 e. The summed E-state index contributed by atoms with van der Waals surface area (Å²) in [7, 11) is 3.58. The van der Waals surface area contributed by atoms with Crippen molar-refractivity contribution in [3.05, 3.63) is 54.5 Å². The highest BCUT2D eigenvalue weighted by atomic mass is 16.5. The number of aromatic nitrogens is 4. The van der Waals surface area contributed by atoms with Gasteiger partial charge in [-0.3, -0.25) is 9.69 Å². The summed E-state index contributed by atoms with van der Waals surface area (Å²) in [4.78, 5) is 26.0. The van der Waals surface area contributed by atoms with Crippen molar-refractivity contribution in [1.82, 2.24) is 24.6 Å². The minimum absolute atomic E-state index is 0.216. The van der Waals surface area contributed by atoms with Gasteiger partial charge in [0.1, 0.15) is 5.75 Å². The fourth-order valence-corrected chi connectivity index (χ4v) is 4.86. The lowest BCUT2D eigenvalue weighted by molar-refractivity contribution is -0.111.